The lowest BCUT2D eigenvalue weighted by Gasteiger charge is -2.17. The first kappa shape index (κ1) is 22.5. The number of carbonyl (C=O) groups excluding carboxylic acids is 2. The van der Waals surface area contributed by atoms with Crippen LogP contribution in [0, 0.1) is 10.1 Å². The molecule has 0 radical (unpaired) electrons. The van der Waals surface area contributed by atoms with Crippen LogP contribution in [0.4, 0.5) is 5.69 Å². The van der Waals surface area contributed by atoms with E-state index in [0.717, 1.165) is 10.9 Å². The van der Waals surface area contributed by atoms with E-state index in [4.69, 9.17) is 0 Å². The standard InChI is InChI=1S/C25H23N5O5/c1-28(2)11-14(31)12-29-13-18(16-7-5-9-20(23(16)29)30(34)35)22-21(24(32)27-25(22)33)17-10-26-19-8-4-3-6-15(17)19/h3-10,13-14,26,31H,11-12H2,1-2H3,(H,27,32,33). The summed E-state index contributed by atoms with van der Waals surface area (Å²) in [5.41, 5.74) is 2.25. The van der Waals surface area contributed by atoms with E-state index in [-0.39, 0.29) is 28.9 Å². The quantitative estimate of drug-likeness (QED) is 0.215. The molecule has 5 rings (SSSR count). The van der Waals surface area contributed by atoms with Crippen molar-refractivity contribution in [2.24, 2.45) is 0 Å². The first-order chi connectivity index (χ1) is 16.8. The summed E-state index contributed by atoms with van der Waals surface area (Å²) in [4.78, 5) is 42.3. The maximum Gasteiger partial charge on any atom is 0.293 e. The molecule has 0 bridgehead atoms. The van der Waals surface area contributed by atoms with Crippen LogP contribution in [-0.2, 0) is 16.1 Å². The van der Waals surface area contributed by atoms with Crippen LogP contribution < -0.4 is 5.32 Å². The number of nitrogens with one attached hydrogen (secondary N) is 2. The van der Waals surface area contributed by atoms with Gasteiger partial charge in [-0.2, -0.15) is 0 Å². The van der Waals surface area contributed by atoms with Gasteiger partial charge in [0.15, 0.2) is 0 Å². The third-order valence-corrected chi connectivity index (χ3v) is 6.12. The number of aromatic nitrogens is 2. The van der Waals surface area contributed by atoms with Crippen molar-refractivity contribution >= 4 is 50.5 Å². The Bertz CT molecular complexity index is 1540. The molecule has 0 spiro atoms. The molecule has 4 aromatic rings. The van der Waals surface area contributed by atoms with Gasteiger partial charge in [0, 0.05) is 52.4 Å². The Morgan fingerprint density at radius 1 is 1.03 bits per heavy atom. The van der Waals surface area contributed by atoms with Gasteiger partial charge >= 0.3 is 0 Å². The molecule has 2 amide bonds. The number of H-pyrrole nitrogens is 1. The van der Waals surface area contributed by atoms with Crippen molar-refractivity contribution in [2.45, 2.75) is 12.6 Å². The van der Waals surface area contributed by atoms with Gasteiger partial charge in [-0.15, -0.1) is 0 Å². The number of fused-ring (bicyclic) bond motifs is 2. The largest absolute Gasteiger partial charge is 0.390 e. The van der Waals surface area contributed by atoms with Crippen LogP contribution in [0.1, 0.15) is 11.1 Å². The number of amides is 2. The van der Waals surface area contributed by atoms with Gasteiger partial charge in [0.2, 0.25) is 0 Å². The van der Waals surface area contributed by atoms with Crippen LogP contribution >= 0.6 is 0 Å². The zero-order valence-corrected chi connectivity index (χ0v) is 19.1. The Balaban J connectivity index is 1.78. The van der Waals surface area contributed by atoms with Crippen molar-refractivity contribution in [3.8, 4) is 0 Å². The highest BCUT2D eigenvalue weighted by molar-refractivity contribution is 6.50. The van der Waals surface area contributed by atoms with Crippen LogP contribution in [0.5, 0.6) is 0 Å². The Hall–Kier alpha value is -4.28. The number of hydrogen-bond acceptors (Lipinski definition) is 6. The maximum absolute atomic E-state index is 13.1. The summed E-state index contributed by atoms with van der Waals surface area (Å²) in [6.07, 6.45) is 2.48. The number of benzene rings is 2. The second kappa shape index (κ2) is 8.49. The molecule has 2 aromatic heterocycles. The molecule has 10 nitrogen and oxygen atoms in total. The van der Waals surface area contributed by atoms with Crippen molar-refractivity contribution < 1.29 is 19.6 Å². The number of likely N-dealkylation sites (N-methyl/N-ethyl adjacent to an activating group) is 1. The number of para-hydroxylation sites is 2. The van der Waals surface area contributed by atoms with Gasteiger partial charge < -0.3 is 19.6 Å². The van der Waals surface area contributed by atoms with Crippen LogP contribution in [0.3, 0.4) is 0 Å². The number of nitrogens with zero attached hydrogens (tertiary/aromatic N) is 3. The second-order valence-corrected chi connectivity index (χ2v) is 8.82. The molecule has 0 fully saturated rings. The van der Waals surface area contributed by atoms with E-state index in [9.17, 15) is 24.8 Å². The Labute approximate surface area is 199 Å². The fraction of sp³-hybridized carbons (Fsp3) is 0.200. The summed E-state index contributed by atoms with van der Waals surface area (Å²) in [5, 5.41) is 26.0. The molecule has 0 saturated carbocycles. The SMILES string of the molecule is CN(C)CC(O)Cn1cc(C2=C(c3c[nH]c4ccccc34)C(=O)NC2=O)c2cccc([N+](=O)[O-])c21. The molecule has 10 heteroatoms. The lowest BCUT2D eigenvalue weighted by molar-refractivity contribution is -0.383. The van der Waals surface area contributed by atoms with Gasteiger partial charge in [-0.05, 0) is 20.2 Å². The topological polar surface area (TPSA) is 134 Å². The Morgan fingerprint density at radius 2 is 1.71 bits per heavy atom. The maximum atomic E-state index is 13.1. The monoisotopic (exact) mass is 473 g/mol. The highest BCUT2D eigenvalue weighted by atomic mass is 16.6. The zero-order valence-electron chi connectivity index (χ0n) is 19.1. The fourth-order valence-corrected chi connectivity index (χ4v) is 4.78. The zero-order chi connectivity index (χ0) is 24.9. The van der Waals surface area contributed by atoms with E-state index in [1.165, 1.54) is 6.07 Å². The van der Waals surface area contributed by atoms with Crippen molar-refractivity contribution in [2.75, 3.05) is 20.6 Å². The second-order valence-electron chi connectivity index (χ2n) is 8.82. The number of imide groups is 1. The summed E-state index contributed by atoms with van der Waals surface area (Å²) in [6.45, 7) is 0.419. The molecule has 35 heavy (non-hydrogen) atoms. The predicted octanol–water partition coefficient (Wildman–Crippen LogP) is 2.52. The van der Waals surface area contributed by atoms with Crippen molar-refractivity contribution in [3.63, 3.8) is 0 Å². The average molecular weight is 473 g/mol. The van der Waals surface area contributed by atoms with Gasteiger partial charge in [0.05, 0.1) is 28.7 Å². The molecule has 1 aliphatic heterocycles. The highest BCUT2D eigenvalue weighted by Gasteiger charge is 2.36. The van der Waals surface area contributed by atoms with Gasteiger partial charge in [0.25, 0.3) is 17.5 Å². The number of nitro groups is 1. The molecule has 1 unspecified atom stereocenters. The summed E-state index contributed by atoms with van der Waals surface area (Å²) < 4.78 is 1.59. The number of non-ortho nitro benzene ring substituents is 1. The number of aliphatic hydroxyl groups excluding tert-OH is 1. The predicted molar refractivity (Wildman–Crippen MR) is 131 cm³/mol. The highest BCUT2D eigenvalue weighted by Crippen LogP contribution is 2.40. The summed E-state index contributed by atoms with van der Waals surface area (Å²) >= 11 is 0. The van der Waals surface area contributed by atoms with Crippen LogP contribution in [0.15, 0.2) is 54.9 Å². The third kappa shape index (κ3) is 3.78. The third-order valence-electron chi connectivity index (χ3n) is 6.12. The lowest BCUT2D eigenvalue weighted by atomic mass is 9.95. The number of rotatable bonds is 7. The Kier molecular flexibility index (Phi) is 5.46. The molecule has 178 valence electrons. The fourth-order valence-electron chi connectivity index (χ4n) is 4.78. The van der Waals surface area contributed by atoms with E-state index in [1.807, 2.05) is 43.3 Å². The number of nitro benzene ring substituents is 1. The first-order valence-electron chi connectivity index (χ1n) is 11.0. The molecule has 1 atom stereocenters. The molecule has 1 aliphatic rings. The minimum absolute atomic E-state index is 0.0742. The first-order valence-corrected chi connectivity index (χ1v) is 11.0. The smallest absolute Gasteiger partial charge is 0.293 e. The molecule has 3 heterocycles. The molecular formula is C25H23N5O5. The van der Waals surface area contributed by atoms with E-state index in [0.29, 0.717) is 23.1 Å². The summed E-state index contributed by atoms with van der Waals surface area (Å²) in [5.74, 6) is -1.11. The molecule has 2 aromatic carbocycles. The Morgan fingerprint density at radius 3 is 2.43 bits per heavy atom. The van der Waals surface area contributed by atoms with Crippen molar-refractivity contribution in [1.82, 2.24) is 19.8 Å². The summed E-state index contributed by atoms with van der Waals surface area (Å²) in [7, 11) is 3.63. The lowest BCUT2D eigenvalue weighted by Crippen LogP contribution is -2.29. The van der Waals surface area contributed by atoms with Gasteiger partial charge in [-0.25, -0.2) is 0 Å². The summed E-state index contributed by atoms with van der Waals surface area (Å²) in [6, 6.07) is 12.0. The number of carbonyl (C=O) groups is 2. The minimum Gasteiger partial charge on any atom is -0.390 e. The molecular weight excluding hydrogens is 450 g/mol. The van der Waals surface area contributed by atoms with Crippen LogP contribution in [-0.4, -0.2) is 63.0 Å². The molecule has 3 N–H and O–H groups in total. The molecule has 0 aliphatic carbocycles. The van der Waals surface area contributed by atoms with Crippen LogP contribution in [0.2, 0.25) is 0 Å². The minimum atomic E-state index is -0.811. The number of aliphatic hydroxyl groups is 1. The number of aromatic amines is 1. The average Bonchev–Trinajstić information content (AvgIpc) is 3.46. The van der Waals surface area contributed by atoms with E-state index >= 15 is 0 Å². The van der Waals surface area contributed by atoms with E-state index in [1.54, 1.807) is 29.1 Å². The molecule has 0 saturated heterocycles. The van der Waals surface area contributed by atoms with E-state index < -0.39 is 22.8 Å². The van der Waals surface area contributed by atoms with Crippen LogP contribution in [0.25, 0.3) is 33.0 Å². The van der Waals surface area contributed by atoms with Crippen molar-refractivity contribution in [3.05, 3.63) is 76.1 Å². The van der Waals surface area contributed by atoms with Gasteiger partial charge in [-0.3, -0.25) is 25.0 Å². The van der Waals surface area contributed by atoms with Crippen molar-refractivity contribution in [1.29, 1.82) is 0 Å². The normalized spacial score (nSPS) is 15.0. The van der Waals surface area contributed by atoms with Gasteiger partial charge in [0.1, 0.15) is 5.52 Å². The number of hydrogen-bond donors (Lipinski definition) is 3. The van der Waals surface area contributed by atoms with Gasteiger partial charge in [-0.1, -0.05) is 30.3 Å². The van der Waals surface area contributed by atoms with E-state index in [2.05, 4.69) is 10.3 Å².